The average Bonchev–Trinajstić information content (AvgIpc) is 2.83. The van der Waals surface area contributed by atoms with Crippen LogP contribution in [-0.2, 0) is 6.42 Å². The van der Waals surface area contributed by atoms with Gasteiger partial charge in [-0.2, -0.15) is 0 Å². The molecule has 0 spiro atoms. The molecule has 5 nitrogen and oxygen atoms in total. The largest absolute Gasteiger partial charge is 0.377 e. The van der Waals surface area contributed by atoms with Crippen LogP contribution in [0.2, 0.25) is 0 Å². The zero-order chi connectivity index (χ0) is 13.2. The molecule has 1 aliphatic rings. The molecule has 19 heavy (non-hydrogen) atoms. The van der Waals surface area contributed by atoms with Crippen molar-refractivity contribution in [1.29, 1.82) is 0 Å². The van der Waals surface area contributed by atoms with E-state index in [1.165, 1.54) is 17.7 Å². The van der Waals surface area contributed by atoms with Gasteiger partial charge in [0.05, 0.1) is 16.7 Å². The van der Waals surface area contributed by atoms with Crippen molar-refractivity contribution in [3.8, 4) is 0 Å². The monoisotopic (exact) mass is 255 g/mol. The van der Waals surface area contributed by atoms with Gasteiger partial charge in [-0.3, -0.25) is 15.1 Å². The summed E-state index contributed by atoms with van der Waals surface area (Å²) in [7, 11) is 0. The number of nitrogens with zero attached hydrogens (tertiary/aromatic N) is 2. The Morgan fingerprint density at radius 1 is 1.26 bits per heavy atom. The lowest BCUT2D eigenvalue weighted by Gasteiger charge is -2.14. The van der Waals surface area contributed by atoms with Gasteiger partial charge in [-0.15, -0.1) is 0 Å². The Hall–Kier alpha value is -2.43. The number of anilines is 1. The summed E-state index contributed by atoms with van der Waals surface area (Å²) in [6.45, 7) is 0. The van der Waals surface area contributed by atoms with Gasteiger partial charge in [0.1, 0.15) is 0 Å². The van der Waals surface area contributed by atoms with E-state index in [1.54, 1.807) is 18.3 Å². The summed E-state index contributed by atoms with van der Waals surface area (Å²) in [6, 6.07) is 10.7. The lowest BCUT2D eigenvalue weighted by molar-refractivity contribution is -0.384. The molecule has 0 amide bonds. The number of benzene rings is 1. The highest BCUT2D eigenvalue weighted by Crippen LogP contribution is 2.32. The van der Waals surface area contributed by atoms with Gasteiger partial charge in [-0.05, 0) is 36.6 Å². The number of aromatic nitrogens is 1. The number of pyridine rings is 1. The van der Waals surface area contributed by atoms with Gasteiger partial charge in [-0.1, -0.05) is 6.07 Å². The Morgan fingerprint density at radius 2 is 2.05 bits per heavy atom. The van der Waals surface area contributed by atoms with Crippen LogP contribution in [0.15, 0.2) is 42.6 Å². The highest BCUT2D eigenvalue weighted by atomic mass is 16.6. The van der Waals surface area contributed by atoms with Gasteiger partial charge in [0.15, 0.2) is 0 Å². The average molecular weight is 255 g/mol. The SMILES string of the molecule is O=[N+]([O-])c1ccc(NC2CCc3cccnc32)cc1. The van der Waals surface area contributed by atoms with Crippen molar-refractivity contribution in [3.05, 3.63) is 64.0 Å². The van der Waals surface area contributed by atoms with Crippen LogP contribution in [0.5, 0.6) is 0 Å². The molecule has 0 saturated heterocycles. The highest BCUT2D eigenvalue weighted by molar-refractivity contribution is 5.50. The summed E-state index contributed by atoms with van der Waals surface area (Å²) < 4.78 is 0. The van der Waals surface area contributed by atoms with Gasteiger partial charge in [0, 0.05) is 24.0 Å². The number of nitrogens with one attached hydrogen (secondary N) is 1. The summed E-state index contributed by atoms with van der Waals surface area (Å²) in [4.78, 5) is 14.6. The minimum Gasteiger partial charge on any atom is -0.377 e. The number of fused-ring (bicyclic) bond motifs is 1. The van der Waals surface area contributed by atoms with Crippen LogP contribution in [0.1, 0.15) is 23.7 Å². The Bertz CT molecular complexity index is 610. The van der Waals surface area contributed by atoms with E-state index in [4.69, 9.17) is 0 Å². The van der Waals surface area contributed by atoms with Crippen molar-refractivity contribution >= 4 is 11.4 Å². The summed E-state index contributed by atoms with van der Waals surface area (Å²) in [5, 5.41) is 14.0. The van der Waals surface area contributed by atoms with E-state index in [1.807, 2.05) is 6.07 Å². The van der Waals surface area contributed by atoms with E-state index in [0.717, 1.165) is 24.2 Å². The van der Waals surface area contributed by atoms with Gasteiger partial charge in [-0.25, -0.2) is 0 Å². The van der Waals surface area contributed by atoms with E-state index >= 15 is 0 Å². The van der Waals surface area contributed by atoms with Gasteiger partial charge >= 0.3 is 0 Å². The van der Waals surface area contributed by atoms with Crippen LogP contribution in [0.25, 0.3) is 0 Å². The van der Waals surface area contributed by atoms with E-state index in [2.05, 4.69) is 16.4 Å². The van der Waals surface area contributed by atoms with Crippen LogP contribution in [0, 0.1) is 10.1 Å². The maximum absolute atomic E-state index is 10.6. The molecule has 0 aliphatic heterocycles. The van der Waals surface area contributed by atoms with Crippen molar-refractivity contribution in [2.24, 2.45) is 0 Å². The fourth-order valence-corrected chi connectivity index (χ4v) is 2.43. The zero-order valence-electron chi connectivity index (χ0n) is 10.2. The lowest BCUT2D eigenvalue weighted by atomic mass is 10.2. The molecule has 1 N–H and O–H groups in total. The Balaban J connectivity index is 1.78. The van der Waals surface area contributed by atoms with Crippen molar-refractivity contribution in [1.82, 2.24) is 4.98 Å². The second-order valence-corrected chi connectivity index (χ2v) is 4.59. The fraction of sp³-hybridized carbons (Fsp3) is 0.214. The summed E-state index contributed by atoms with van der Waals surface area (Å²) >= 11 is 0. The molecule has 1 atom stereocenters. The lowest BCUT2D eigenvalue weighted by Crippen LogP contribution is -2.08. The number of hydrogen-bond donors (Lipinski definition) is 1. The van der Waals surface area contributed by atoms with Crippen molar-refractivity contribution in [3.63, 3.8) is 0 Å². The molecule has 1 aromatic carbocycles. The second kappa shape index (κ2) is 4.68. The molecule has 0 fully saturated rings. The maximum atomic E-state index is 10.6. The molecule has 1 aromatic heterocycles. The normalized spacial score (nSPS) is 16.9. The Kier molecular flexibility index (Phi) is 2.87. The smallest absolute Gasteiger partial charge is 0.269 e. The first-order chi connectivity index (χ1) is 9.24. The molecule has 0 bridgehead atoms. The Morgan fingerprint density at radius 3 is 2.79 bits per heavy atom. The molecule has 0 saturated carbocycles. The number of non-ortho nitro benzene ring substituents is 1. The number of nitro benzene ring substituents is 1. The highest BCUT2D eigenvalue weighted by Gasteiger charge is 2.23. The molecular formula is C14H13N3O2. The van der Waals surface area contributed by atoms with Gasteiger partial charge in [0.2, 0.25) is 0 Å². The van der Waals surface area contributed by atoms with Crippen LogP contribution in [-0.4, -0.2) is 9.91 Å². The van der Waals surface area contributed by atoms with Crippen molar-refractivity contribution in [2.75, 3.05) is 5.32 Å². The predicted octanol–water partition coefficient (Wildman–Crippen LogP) is 3.09. The first-order valence-corrected chi connectivity index (χ1v) is 6.19. The number of rotatable bonds is 3. The third-order valence-corrected chi connectivity index (χ3v) is 3.38. The number of aryl methyl sites for hydroxylation is 1. The minimum absolute atomic E-state index is 0.107. The van der Waals surface area contributed by atoms with Crippen LogP contribution in [0.3, 0.4) is 0 Å². The van der Waals surface area contributed by atoms with Crippen LogP contribution < -0.4 is 5.32 Å². The van der Waals surface area contributed by atoms with Gasteiger partial charge in [0.25, 0.3) is 5.69 Å². The minimum atomic E-state index is -0.393. The quantitative estimate of drug-likeness (QED) is 0.676. The molecule has 0 radical (unpaired) electrons. The van der Waals surface area contributed by atoms with Crippen LogP contribution >= 0.6 is 0 Å². The predicted molar refractivity (Wildman–Crippen MR) is 72.0 cm³/mol. The third-order valence-electron chi connectivity index (χ3n) is 3.38. The number of nitro groups is 1. The van der Waals surface area contributed by atoms with E-state index < -0.39 is 4.92 Å². The molecule has 5 heteroatoms. The maximum Gasteiger partial charge on any atom is 0.269 e. The molecule has 96 valence electrons. The standard InChI is InChI=1S/C14H13N3O2/c18-17(19)12-6-4-11(5-7-12)16-13-8-3-10-2-1-9-15-14(10)13/h1-2,4-7,9,13,16H,3,8H2. The summed E-state index contributed by atoms with van der Waals surface area (Å²) in [5.41, 5.74) is 3.35. The molecule has 1 unspecified atom stereocenters. The van der Waals surface area contributed by atoms with E-state index in [0.29, 0.717) is 0 Å². The first kappa shape index (κ1) is 11.6. The topological polar surface area (TPSA) is 68.1 Å². The molecule has 1 heterocycles. The first-order valence-electron chi connectivity index (χ1n) is 6.19. The summed E-state index contributed by atoms with van der Waals surface area (Å²) in [6.07, 6.45) is 3.83. The van der Waals surface area contributed by atoms with Gasteiger partial charge < -0.3 is 5.32 Å². The third kappa shape index (κ3) is 2.27. The zero-order valence-corrected chi connectivity index (χ0v) is 10.2. The molecule has 3 rings (SSSR count). The molecule has 2 aromatic rings. The second-order valence-electron chi connectivity index (χ2n) is 4.59. The van der Waals surface area contributed by atoms with Crippen molar-refractivity contribution < 1.29 is 4.92 Å². The number of hydrogen-bond acceptors (Lipinski definition) is 4. The molecule has 1 aliphatic carbocycles. The van der Waals surface area contributed by atoms with E-state index in [-0.39, 0.29) is 11.7 Å². The Labute approximate surface area is 110 Å². The molecular weight excluding hydrogens is 242 g/mol. The summed E-state index contributed by atoms with van der Waals surface area (Å²) in [5.74, 6) is 0. The van der Waals surface area contributed by atoms with Crippen LogP contribution in [0.4, 0.5) is 11.4 Å². The fourth-order valence-electron chi connectivity index (χ4n) is 2.43. The van der Waals surface area contributed by atoms with E-state index in [9.17, 15) is 10.1 Å². The van der Waals surface area contributed by atoms with Crippen molar-refractivity contribution in [2.45, 2.75) is 18.9 Å².